The van der Waals surface area contributed by atoms with Crippen LogP contribution < -0.4 is 25.2 Å². The summed E-state index contributed by atoms with van der Waals surface area (Å²) in [7, 11) is 0. The van der Waals surface area contributed by atoms with E-state index in [9.17, 15) is 9.59 Å². The zero-order chi connectivity index (χ0) is 21.3. The van der Waals surface area contributed by atoms with E-state index in [2.05, 4.69) is 5.32 Å². The van der Waals surface area contributed by atoms with Crippen LogP contribution in [0.15, 0.2) is 45.6 Å². The molecule has 0 saturated heterocycles. The van der Waals surface area contributed by atoms with Crippen LogP contribution in [0.1, 0.15) is 24.1 Å². The molecule has 4 rings (SSSR count). The maximum atomic E-state index is 12.4. The summed E-state index contributed by atoms with van der Waals surface area (Å²) >= 11 is 6.27. The van der Waals surface area contributed by atoms with Crippen LogP contribution in [-0.2, 0) is 4.79 Å². The predicted octanol–water partition coefficient (Wildman–Crippen LogP) is 3.78. The number of carbonyl (C=O) groups excluding carboxylic acids is 1. The lowest BCUT2D eigenvalue weighted by atomic mass is 10.1. The first-order valence-electron chi connectivity index (χ1n) is 9.46. The van der Waals surface area contributed by atoms with Crippen molar-refractivity contribution in [3.63, 3.8) is 0 Å². The third-order valence-corrected chi connectivity index (χ3v) is 5.10. The van der Waals surface area contributed by atoms with Crippen molar-refractivity contribution in [2.75, 3.05) is 19.8 Å². The first-order valence-corrected chi connectivity index (χ1v) is 9.84. The summed E-state index contributed by atoms with van der Waals surface area (Å²) < 4.78 is 21.9. The van der Waals surface area contributed by atoms with Gasteiger partial charge in [0.25, 0.3) is 5.91 Å². The van der Waals surface area contributed by atoms with Gasteiger partial charge in [0.05, 0.1) is 11.1 Å². The minimum atomic E-state index is -0.459. The number of hydrogen-bond donors (Lipinski definition) is 1. The molecule has 7 nitrogen and oxygen atoms in total. The number of aryl methyl sites for hydroxylation is 1. The summed E-state index contributed by atoms with van der Waals surface area (Å²) in [5.41, 5.74) is 1.53. The summed E-state index contributed by atoms with van der Waals surface area (Å²) in [6.07, 6.45) is 0. The molecule has 1 atom stereocenters. The summed E-state index contributed by atoms with van der Waals surface area (Å²) in [4.78, 5) is 24.0. The van der Waals surface area contributed by atoms with Crippen molar-refractivity contribution in [1.82, 2.24) is 5.32 Å². The second kappa shape index (κ2) is 8.28. The molecule has 0 spiro atoms. The molecule has 0 aliphatic carbocycles. The van der Waals surface area contributed by atoms with E-state index in [1.54, 1.807) is 13.0 Å². The molecule has 1 amide bonds. The Hall–Kier alpha value is -3.19. The second-order valence-corrected chi connectivity index (χ2v) is 7.42. The molecule has 0 saturated carbocycles. The summed E-state index contributed by atoms with van der Waals surface area (Å²) in [5, 5.41) is 3.91. The van der Waals surface area contributed by atoms with Crippen molar-refractivity contribution in [3.8, 4) is 17.2 Å². The Kier molecular flexibility index (Phi) is 5.55. The predicted molar refractivity (Wildman–Crippen MR) is 112 cm³/mol. The highest BCUT2D eigenvalue weighted by Gasteiger charge is 2.17. The summed E-state index contributed by atoms with van der Waals surface area (Å²) in [5.74, 6) is 1.30. The average Bonchev–Trinajstić information content (AvgIpc) is 2.72. The molecule has 0 bridgehead atoms. The Morgan fingerprint density at radius 1 is 1.17 bits per heavy atom. The fourth-order valence-corrected chi connectivity index (χ4v) is 3.49. The monoisotopic (exact) mass is 429 g/mol. The molecular formula is C22H20ClNO6. The van der Waals surface area contributed by atoms with Gasteiger partial charge in [0.1, 0.15) is 24.5 Å². The highest BCUT2D eigenvalue weighted by molar-refractivity contribution is 6.32. The minimum Gasteiger partial charge on any atom is -0.486 e. The standard InChI is InChI=1S/C22H20ClNO6/c1-12-7-22(26)30-18-10-19(16(23)9-15(12)18)29-11-21(25)24-13(2)14-3-4-17-20(8-14)28-6-5-27-17/h3-4,7-10,13H,5-6,11H2,1-2H3,(H,24,25)/t13-/m0/s1. The smallest absolute Gasteiger partial charge is 0.336 e. The van der Waals surface area contributed by atoms with Gasteiger partial charge in [0.2, 0.25) is 0 Å². The second-order valence-electron chi connectivity index (χ2n) is 7.01. The van der Waals surface area contributed by atoms with Crippen LogP contribution >= 0.6 is 11.6 Å². The zero-order valence-corrected chi connectivity index (χ0v) is 17.2. The molecule has 1 aliphatic rings. The van der Waals surface area contributed by atoms with E-state index in [0.717, 1.165) is 11.1 Å². The number of fused-ring (bicyclic) bond motifs is 2. The van der Waals surface area contributed by atoms with Gasteiger partial charge >= 0.3 is 5.63 Å². The number of hydrogen-bond acceptors (Lipinski definition) is 6. The SMILES string of the molecule is Cc1cc(=O)oc2cc(OCC(=O)N[C@@H](C)c3ccc4c(c3)OCCO4)c(Cl)cc12. The molecule has 3 aromatic rings. The molecule has 2 heterocycles. The van der Waals surface area contributed by atoms with E-state index < -0.39 is 5.63 Å². The maximum Gasteiger partial charge on any atom is 0.336 e. The Morgan fingerprint density at radius 2 is 1.93 bits per heavy atom. The summed E-state index contributed by atoms with van der Waals surface area (Å²) in [6.45, 7) is 4.44. The van der Waals surface area contributed by atoms with Crippen LogP contribution in [0.3, 0.4) is 0 Å². The van der Waals surface area contributed by atoms with Crippen LogP contribution in [0.2, 0.25) is 5.02 Å². The Labute approximate surface area is 177 Å². The third-order valence-electron chi connectivity index (χ3n) is 4.81. The van der Waals surface area contributed by atoms with Gasteiger partial charge in [-0.3, -0.25) is 4.79 Å². The van der Waals surface area contributed by atoms with E-state index in [4.69, 9.17) is 30.2 Å². The molecule has 0 radical (unpaired) electrons. The molecule has 8 heteroatoms. The fourth-order valence-electron chi connectivity index (χ4n) is 3.27. The van der Waals surface area contributed by atoms with E-state index >= 15 is 0 Å². The molecule has 1 N–H and O–H groups in total. The number of benzene rings is 2. The maximum absolute atomic E-state index is 12.4. The van der Waals surface area contributed by atoms with E-state index in [0.29, 0.717) is 40.7 Å². The van der Waals surface area contributed by atoms with E-state index in [1.165, 1.54) is 12.1 Å². The van der Waals surface area contributed by atoms with Gasteiger partial charge in [-0.05, 0) is 43.2 Å². The largest absolute Gasteiger partial charge is 0.486 e. The van der Waals surface area contributed by atoms with E-state index in [1.807, 2.05) is 25.1 Å². The molecule has 1 aliphatic heterocycles. The normalized spacial score (nSPS) is 13.7. The number of amides is 1. The van der Waals surface area contributed by atoms with Gasteiger partial charge in [-0.15, -0.1) is 0 Å². The first-order chi connectivity index (χ1) is 14.4. The van der Waals surface area contributed by atoms with Crippen LogP contribution in [0, 0.1) is 6.92 Å². The lowest BCUT2D eigenvalue weighted by Crippen LogP contribution is -2.31. The van der Waals surface area contributed by atoms with Gasteiger partial charge in [-0.25, -0.2) is 4.79 Å². The molecular weight excluding hydrogens is 410 g/mol. The van der Waals surface area contributed by atoms with Crippen molar-refractivity contribution in [3.05, 3.63) is 63.0 Å². The molecule has 2 aromatic carbocycles. The summed E-state index contributed by atoms with van der Waals surface area (Å²) in [6, 6.07) is 9.86. The lowest BCUT2D eigenvalue weighted by Gasteiger charge is -2.21. The van der Waals surface area contributed by atoms with Gasteiger partial charge < -0.3 is 23.9 Å². The highest BCUT2D eigenvalue weighted by atomic mass is 35.5. The topological polar surface area (TPSA) is 87.0 Å². The number of halogens is 1. The Bertz CT molecular complexity index is 1170. The first kappa shape index (κ1) is 20.1. The van der Waals surface area contributed by atoms with Crippen molar-refractivity contribution in [2.45, 2.75) is 19.9 Å². The van der Waals surface area contributed by atoms with E-state index in [-0.39, 0.29) is 24.3 Å². The van der Waals surface area contributed by atoms with Crippen molar-refractivity contribution < 1.29 is 23.4 Å². The molecule has 0 fully saturated rings. The molecule has 156 valence electrons. The fraction of sp³-hybridized carbons (Fsp3) is 0.273. The average molecular weight is 430 g/mol. The molecule has 30 heavy (non-hydrogen) atoms. The Balaban J connectivity index is 1.42. The number of carbonyl (C=O) groups is 1. The van der Waals surface area contributed by atoms with Gasteiger partial charge in [0, 0.05) is 17.5 Å². The van der Waals surface area contributed by atoms with Crippen molar-refractivity contribution in [2.24, 2.45) is 0 Å². The van der Waals surface area contributed by atoms with Crippen LogP contribution in [-0.4, -0.2) is 25.7 Å². The zero-order valence-electron chi connectivity index (χ0n) is 16.5. The van der Waals surface area contributed by atoms with Gasteiger partial charge in [-0.1, -0.05) is 17.7 Å². The van der Waals surface area contributed by atoms with Crippen molar-refractivity contribution >= 4 is 28.5 Å². The van der Waals surface area contributed by atoms with Crippen LogP contribution in [0.5, 0.6) is 17.2 Å². The number of ether oxygens (including phenoxy) is 3. The number of rotatable bonds is 5. The van der Waals surface area contributed by atoms with Crippen LogP contribution in [0.25, 0.3) is 11.0 Å². The minimum absolute atomic E-state index is 0.240. The van der Waals surface area contributed by atoms with Gasteiger partial charge in [-0.2, -0.15) is 0 Å². The van der Waals surface area contributed by atoms with Gasteiger partial charge in [0.15, 0.2) is 18.1 Å². The molecule has 1 aromatic heterocycles. The van der Waals surface area contributed by atoms with Crippen molar-refractivity contribution in [1.29, 1.82) is 0 Å². The lowest BCUT2D eigenvalue weighted by molar-refractivity contribution is -0.123. The number of nitrogens with one attached hydrogen (secondary N) is 1. The van der Waals surface area contributed by atoms with Crippen LogP contribution in [0.4, 0.5) is 0 Å². The quantitative estimate of drug-likeness (QED) is 0.621. The third kappa shape index (κ3) is 4.21. The highest BCUT2D eigenvalue weighted by Crippen LogP contribution is 2.33. The molecule has 0 unspecified atom stereocenters. The Morgan fingerprint density at radius 3 is 2.73 bits per heavy atom.